The Morgan fingerprint density at radius 3 is 2.75 bits per heavy atom. The van der Waals surface area contributed by atoms with E-state index < -0.39 is 0 Å². The molecule has 3 N–H and O–H groups in total. The Kier molecular flexibility index (Phi) is 4.25. The van der Waals surface area contributed by atoms with Crippen molar-refractivity contribution in [1.82, 2.24) is 4.98 Å². The lowest BCUT2D eigenvalue weighted by molar-refractivity contribution is 0.102. The van der Waals surface area contributed by atoms with Gasteiger partial charge in [-0.2, -0.15) is 0 Å². The number of nitrogens with two attached hydrogens (primary N) is 1. The van der Waals surface area contributed by atoms with Crippen molar-refractivity contribution in [2.75, 3.05) is 11.1 Å². The summed E-state index contributed by atoms with van der Waals surface area (Å²) < 4.78 is 0. The maximum Gasteiger partial charge on any atom is 0.257 e. The van der Waals surface area contributed by atoms with Gasteiger partial charge in [0.15, 0.2) is 0 Å². The standard InChI is InChI=1S/C15H16ClN3O/c1-9(2)10-5-3-4-6-13(10)19-15(20)11-7-14(16)18-8-12(11)17/h3-9H,17H2,1-2H3,(H,19,20). The number of rotatable bonds is 3. The number of carbonyl (C=O) groups is 1. The van der Waals surface area contributed by atoms with E-state index >= 15 is 0 Å². The number of hydrogen-bond donors (Lipinski definition) is 2. The lowest BCUT2D eigenvalue weighted by Crippen LogP contribution is -2.15. The molecule has 0 aliphatic heterocycles. The summed E-state index contributed by atoms with van der Waals surface area (Å²) in [5.41, 5.74) is 8.23. The van der Waals surface area contributed by atoms with Crippen molar-refractivity contribution in [2.45, 2.75) is 19.8 Å². The number of carbonyl (C=O) groups excluding carboxylic acids is 1. The van der Waals surface area contributed by atoms with Gasteiger partial charge in [-0.1, -0.05) is 43.6 Å². The van der Waals surface area contributed by atoms with Crippen molar-refractivity contribution >= 4 is 28.9 Å². The van der Waals surface area contributed by atoms with E-state index in [1.807, 2.05) is 24.3 Å². The fourth-order valence-electron chi connectivity index (χ4n) is 1.94. The van der Waals surface area contributed by atoms with Crippen LogP contribution in [0.3, 0.4) is 0 Å². The van der Waals surface area contributed by atoms with Crippen LogP contribution in [0.2, 0.25) is 5.15 Å². The Bertz CT molecular complexity index is 641. The fraction of sp³-hybridized carbons (Fsp3) is 0.200. The number of pyridine rings is 1. The van der Waals surface area contributed by atoms with Crippen molar-refractivity contribution in [3.05, 3.63) is 52.8 Å². The van der Waals surface area contributed by atoms with Crippen molar-refractivity contribution in [3.8, 4) is 0 Å². The largest absolute Gasteiger partial charge is 0.397 e. The van der Waals surface area contributed by atoms with Gasteiger partial charge in [0, 0.05) is 5.69 Å². The van der Waals surface area contributed by atoms with Crippen LogP contribution in [0.1, 0.15) is 35.7 Å². The fourth-order valence-corrected chi connectivity index (χ4v) is 2.10. The molecule has 2 aromatic rings. The molecular formula is C15H16ClN3O. The van der Waals surface area contributed by atoms with E-state index in [2.05, 4.69) is 24.1 Å². The smallest absolute Gasteiger partial charge is 0.257 e. The minimum absolute atomic E-state index is 0.237. The average molecular weight is 290 g/mol. The Labute approximate surface area is 123 Å². The van der Waals surface area contributed by atoms with E-state index in [9.17, 15) is 4.79 Å². The number of nitrogens with one attached hydrogen (secondary N) is 1. The molecule has 0 fully saturated rings. The maximum atomic E-state index is 12.3. The van der Waals surface area contributed by atoms with E-state index in [1.165, 1.54) is 12.3 Å². The highest BCUT2D eigenvalue weighted by Gasteiger charge is 2.14. The second-order valence-electron chi connectivity index (χ2n) is 4.79. The summed E-state index contributed by atoms with van der Waals surface area (Å²) in [6.45, 7) is 4.14. The first kappa shape index (κ1) is 14.3. The first-order valence-electron chi connectivity index (χ1n) is 6.30. The zero-order valence-corrected chi connectivity index (χ0v) is 12.1. The highest BCUT2D eigenvalue weighted by molar-refractivity contribution is 6.30. The number of amides is 1. The molecule has 0 spiro atoms. The number of anilines is 2. The van der Waals surface area contributed by atoms with Gasteiger partial charge in [-0.25, -0.2) is 4.98 Å². The summed E-state index contributed by atoms with van der Waals surface area (Å²) in [6, 6.07) is 9.15. The molecule has 0 saturated heterocycles. The van der Waals surface area contributed by atoms with Gasteiger partial charge < -0.3 is 11.1 Å². The van der Waals surface area contributed by atoms with E-state index in [1.54, 1.807) is 0 Å². The van der Waals surface area contributed by atoms with Gasteiger partial charge >= 0.3 is 0 Å². The molecule has 104 valence electrons. The molecule has 4 nitrogen and oxygen atoms in total. The third kappa shape index (κ3) is 3.08. The third-order valence-electron chi connectivity index (χ3n) is 2.98. The number of hydrogen-bond acceptors (Lipinski definition) is 3. The van der Waals surface area contributed by atoms with Crippen LogP contribution in [0.5, 0.6) is 0 Å². The second kappa shape index (κ2) is 5.92. The number of nitrogen functional groups attached to an aromatic ring is 1. The summed E-state index contributed by atoms with van der Waals surface area (Å²) in [5, 5.41) is 3.11. The lowest BCUT2D eigenvalue weighted by Gasteiger charge is -2.14. The third-order valence-corrected chi connectivity index (χ3v) is 3.18. The predicted molar refractivity (Wildman–Crippen MR) is 82.1 cm³/mol. The highest BCUT2D eigenvalue weighted by Crippen LogP contribution is 2.25. The summed E-state index contributed by atoms with van der Waals surface area (Å²) >= 11 is 5.80. The molecule has 0 saturated carbocycles. The number of halogens is 1. The molecule has 0 aliphatic rings. The monoisotopic (exact) mass is 289 g/mol. The van der Waals surface area contributed by atoms with Crippen LogP contribution < -0.4 is 11.1 Å². The van der Waals surface area contributed by atoms with Crippen LogP contribution in [0.4, 0.5) is 11.4 Å². The van der Waals surface area contributed by atoms with Crippen molar-refractivity contribution in [3.63, 3.8) is 0 Å². The zero-order valence-electron chi connectivity index (χ0n) is 11.4. The molecule has 1 amide bonds. The van der Waals surface area contributed by atoms with Crippen LogP contribution in [0, 0.1) is 0 Å². The summed E-state index contributed by atoms with van der Waals surface area (Å²) in [4.78, 5) is 16.1. The van der Waals surface area contributed by atoms with Gasteiger partial charge in [0.25, 0.3) is 5.91 Å². The van der Waals surface area contributed by atoms with Gasteiger partial charge in [0.05, 0.1) is 17.4 Å². The number of benzene rings is 1. The predicted octanol–water partition coefficient (Wildman–Crippen LogP) is 3.69. The first-order chi connectivity index (χ1) is 9.49. The lowest BCUT2D eigenvalue weighted by atomic mass is 10.0. The molecule has 0 unspecified atom stereocenters. The quantitative estimate of drug-likeness (QED) is 0.847. The number of aromatic nitrogens is 1. The van der Waals surface area contributed by atoms with Crippen molar-refractivity contribution < 1.29 is 4.79 Å². The molecule has 2 rings (SSSR count). The molecule has 1 heterocycles. The average Bonchev–Trinajstić information content (AvgIpc) is 2.41. The maximum absolute atomic E-state index is 12.3. The minimum atomic E-state index is -0.292. The van der Waals surface area contributed by atoms with Crippen LogP contribution >= 0.6 is 11.6 Å². The number of para-hydroxylation sites is 1. The summed E-state index contributed by atoms with van der Waals surface area (Å²) in [7, 11) is 0. The van der Waals surface area contributed by atoms with Crippen LogP contribution in [0.15, 0.2) is 36.5 Å². The van der Waals surface area contributed by atoms with Gasteiger partial charge in [0.2, 0.25) is 0 Å². The first-order valence-corrected chi connectivity index (χ1v) is 6.68. The van der Waals surface area contributed by atoms with E-state index in [4.69, 9.17) is 17.3 Å². The molecule has 20 heavy (non-hydrogen) atoms. The molecule has 0 atom stereocenters. The summed E-state index contributed by atoms with van der Waals surface area (Å²) in [5.74, 6) is 0.0183. The molecule has 1 aromatic heterocycles. The molecule has 0 aliphatic carbocycles. The van der Waals surface area contributed by atoms with Crippen LogP contribution in [0.25, 0.3) is 0 Å². The molecule has 5 heteroatoms. The van der Waals surface area contributed by atoms with Crippen LogP contribution in [-0.2, 0) is 0 Å². The molecule has 1 aromatic carbocycles. The normalized spacial score (nSPS) is 10.6. The molecule has 0 radical (unpaired) electrons. The Balaban J connectivity index is 2.31. The second-order valence-corrected chi connectivity index (χ2v) is 5.18. The Hall–Kier alpha value is -2.07. The van der Waals surface area contributed by atoms with E-state index in [0.717, 1.165) is 11.3 Å². The molecular weight excluding hydrogens is 274 g/mol. The van der Waals surface area contributed by atoms with Gasteiger partial charge in [-0.3, -0.25) is 4.79 Å². The number of nitrogens with zero attached hydrogens (tertiary/aromatic N) is 1. The summed E-state index contributed by atoms with van der Waals surface area (Å²) in [6.07, 6.45) is 1.38. The van der Waals surface area contributed by atoms with Gasteiger partial charge in [-0.05, 0) is 23.6 Å². The van der Waals surface area contributed by atoms with E-state index in [-0.39, 0.29) is 11.1 Å². The van der Waals surface area contributed by atoms with Crippen molar-refractivity contribution in [2.24, 2.45) is 0 Å². The minimum Gasteiger partial charge on any atom is -0.397 e. The topological polar surface area (TPSA) is 68.0 Å². The zero-order chi connectivity index (χ0) is 14.7. The van der Waals surface area contributed by atoms with E-state index in [0.29, 0.717) is 17.2 Å². The molecule has 0 bridgehead atoms. The Morgan fingerprint density at radius 2 is 2.05 bits per heavy atom. The van der Waals surface area contributed by atoms with Crippen LogP contribution in [-0.4, -0.2) is 10.9 Å². The highest BCUT2D eigenvalue weighted by atomic mass is 35.5. The van der Waals surface area contributed by atoms with Gasteiger partial charge in [0.1, 0.15) is 5.15 Å². The van der Waals surface area contributed by atoms with Gasteiger partial charge in [-0.15, -0.1) is 0 Å². The Morgan fingerprint density at radius 1 is 1.35 bits per heavy atom. The van der Waals surface area contributed by atoms with Crippen molar-refractivity contribution in [1.29, 1.82) is 0 Å². The SMILES string of the molecule is CC(C)c1ccccc1NC(=O)c1cc(Cl)ncc1N.